The maximum absolute atomic E-state index is 12.3. The summed E-state index contributed by atoms with van der Waals surface area (Å²) in [6, 6.07) is 10.6. The van der Waals surface area contributed by atoms with Gasteiger partial charge in [0.25, 0.3) is 0 Å². The molecule has 2 aromatic rings. The summed E-state index contributed by atoms with van der Waals surface area (Å²) in [5, 5.41) is 9.18. The lowest BCUT2D eigenvalue weighted by atomic mass is 10.1. The quantitative estimate of drug-likeness (QED) is 0.905. The van der Waals surface area contributed by atoms with Gasteiger partial charge in [-0.25, -0.2) is 8.42 Å². The van der Waals surface area contributed by atoms with Crippen LogP contribution in [0, 0.1) is 13.8 Å². The number of benzene rings is 2. The topological polar surface area (TPSA) is 54.4 Å². The van der Waals surface area contributed by atoms with E-state index >= 15 is 0 Å². The summed E-state index contributed by atoms with van der Waals surface area (Å²) < 4.78 is 24.7. The van der Waals surface area contributed by atoms with E-state index in [2.05, 4.69) is 0 Å². The molecule has 0 aromatic heterocycles. The van der Waals surface area contributed by atoms with E-state index in [1.165, 1.54) is 24.3 Å². The fourth-order valence-electron chi connectivity index (χ4n) is 1.64. The molecule has 0 heterocycles. The highest BCUT2D eigenvalue weighted by Crippen LogP contribution is 2.24. The van der Waals surface area contributed by atoms with Gasteiger partial charge in [-0.1, -0.05) is 6.07 Å². The van der Waals surface area contributed by atoms with E-state index in [4.69, 9.17) is 0 Å². The summed E-state index contributed by atoms with van der Waals surface area (Å²) in [5.41, 5.74) is 1.99. The van der Waals surface area contributed by atoms with Crippen LogP contribution in [0.2, 0.25) is 0 Å². The molecule has 2 aromatic carbocycles. The van der Waals surface area contributed by atoms with Crippen LogP contribution in [0.1, 0.15) is 11.1 Å². The second kappa shape index (κ2) is 4.46. The Hall–Kier alpha value is -1.81. The lowest BCUT2D eigenvalue weighted by Crippen LogP contribution is -2.02. The number of rotatable bonds is 2. The van der Waals surface area contributed by atoms with Crippen LogP contribution in [-0.2, 0) is 9.84 Å². The van der Waals surface area contributed by atoms with Gasteiger partial charge < -0.3 is 5.11 Å². The Kier molecular flexibility index (Phi) is 3.13. The highest BCUT2D eigenvalue weighted by molar-refractivity contribution is 7.91. The second-order valence-electron chi connectivity index (χ2n) is 4.24. The van der Waals surface area contributed by atoms with Gasteiger partial charge in [0.1, 0.15) is 5.75 Å². The fraction of sp³-hybridized carbons (Fsp3) is 0.143. The smallest absolute Gasteiger partial charge is 0.206 e. The minimum atomic E-state index is -3.51. The van der Waals surface area contributed by atoms with E-state index in [-0.39, 0.29) is 15.5 Å². The fourth-order valence-corrected chi connectivity index (χ4v) is 2.99. The molecular formula is C14H14O3S. The number of aromatic hydroxyl groups is 1. The third-order valence-corrected chi connectivity index (χ3v) is 4.70. The predicted octanol–water partition coefficient (Wildman–Crippen LogP) is 2.84. The van der Waals surface area contributed by atoms with Crippen LogP contribution in [0.25, 0.3) is 0 Å². The highest BCUT2D eigenvalue weighted by Gasteiger charge is 2.17. The van der Waals surface area contributed by atoms with Crippen molar-refractivity contribution in [2.24, 2.45) is 0 Å². The van der Waals surface area contributed by atoms with E-state index in [0.29, 0.717) is 0 Å². The Bertz CT molecular complexity index is 671. The minimum Gasteiger partial charge on any atom is -0.508 e. The molecule has 0 aliphatic rings. The van der Waals surface area contributed by atoms with E-state index in [1.54, 1.807) is 18.2 Å². The molecule has 94 valence electrons. The van der Waals surface area contributed by atoms with Crippen LogP contribution in [0.4, 0.5) is 0 Å². The SMILES string of the molecule is Cc1ccc(S(=O)(=O)c2ccc(O)cc2)cc1C. The van der Waals surface area contributed by atoms with E-state index in [0.717, 1.165) is 11.1 Å². The number of phenols is 1. The van der Waals surface area contributed by atoms with Crippen molar-refractivity contribution in [2.45, 2.75) is 23.6 Å². The van der Waals surface area contributed by atoms with Crippen molar-refractivity contribution >= 4 is 9.84 Å². The molecule has 0 spiro atoms. The number of aryl methyl sites for hydroxylation is 2. The Morgan fingerprint density at radius 3 is 1.94 bits per heavy atom. The third kappa shape index (κ3) is 2.24. The first-order chi connectivity index (χ1) is 8.41. The first kappa shape index (κ1) is 12.6. The van der Waals surface area contributed by atoms with Crippen LogP contribution >= 0.6 is 0 Å². The molecule has 4 heteroatoms. The zero-order valence-electron chi connectivity index (χ0n) is 10.2. The molecule has 0 atom stereocenters. The van der Waals surface area contributed by atoms with Gasteiger partial charge >= 0.3 is 0 Å². The van der Waals surface area contributed by atoms with Crippen molar-refractivity contribution in [3.8, 4) is 5.75 Å². The van der Waals surface area contributed by atoms with Crippen molar-refractivity contribution in [1.29, 1.82) is 0 Å². The van der Waals surface area contributed by atoms with Gasteiger partial charge in [-0.3, -0.25) is 0 Å². The largest absolute Gasteiger partial charge is 0.508 e. The predicted molar refractivity (Wildman–Crippen MR) is 69.5 cm³/mol. The molecule has 1 N–H and O–H groups in total. The number of phenolic OH excluding ortho intramolecular Hbond substituents is 1. The van der Waals surface area contributed by atoms with Gasteiger partial charge in [0, 0.05) is 0 Å². The lowest BCUT2D eigenvalue weighted by molar-refractivity contribution is 0.475. The van der Waals surface area contributed by atoms with Crippen LogP contribution in [0.3, 0.4) is 0 Å². The molecule has 0 unspecified atom stereocenters. The minimum absolute atomic E-state index is 0.0500. The van der Waals surface area contributed by atoms with Crippen molar-refractivity contribution in [3.05, 3.63) is 53.6 Å². The number of sulfone groups is 1. The lowest BCUT2D eigenvalue weighted by Gasteiger charge is -2.07. The maximum atomic E-state index is 12.3. The highest BCUT2D eigenvalue weighted by atomic mass is 32.2. The van der Waals surface area contributed by atoms with Crippen molar-refractivity contribution in [1.82, 2.24) is 0 Å². The van der Waals surface area contributed by atoms with Gasteiger partial charge in [0.05, 0.1) is 9.79 Å². The molecule has 2 rings (SSSR count). The van der Waals surface area contributed by atoms with Crippen molar-refractivity contribution in [2.75, 3.05) is 0 Å². The van der Waals surface area contributed by atoms with Crippen molar-refractivity contribution < 1.29 is 13.5 Å². The summed E-state index contributed by atoms with van der Waals surface area (Å²) in [5.74, 6) is 0.0500. The zero-order valence-corrected chi connectivity index (χ0v) is 11.0. The summed E-state index contributed by atoms with van der Waals surface area (Å²) in [6.07, 6.45) is 0. The van der Waals surface area contributed by atoms with Gasteiger partial charge in [-0.15, -0.1) is 0 Å². The average molecular weight is 262 g/mol. The van der Waals surface area contributed by atoms with Crippen LogP contribution in [0.15, 0.2) is 52.3 Å². The van der Waals surface area contributed by atoms with Gasteiger partial charge in [-0.2, -0.15) is 0 Å². The molecule has 0 saturated carbocycles. The van der Waals surface area contributed by atoms with Gasteiger partial charge in [0.2, 0.25) is 9.84 Å². The molecule has 0 amide bonds. The molecule has 3 nitrogen and oxygen atoms in total. The molecule has 0 aliphatic heterocycles. The number of hydrogen-bond acceptors (Lipinski definition) is 3. The summed E-state index contributed by atoms with van der Waals surface area (Å²) >= 11 is 0. The van der Waals surface area contributed by atoms with Gasteiger partial charge in [0.15, 0.2) is 0 Å². The maximum Gasteiger partial charge on any atom is 0.206 e. The average Bonchev–Trinajstić information content (AvgIpc) is 2.33. The van der Waals surface area contributed by atoms with Crippen LogP contribution in [0.5, 0.6) is 5.75 Å². The monoisotopic (exact) mass is 262 g/mol. The molecule has 0 radical (unpaired) electrons. The Morgan fingerprint density at radius 2 is 1.39 bits per heavy atom. The summed E-state index contributed by atoms with van der Waals surface area (Å²) in [6.45, 7) is 3.82. The first-order valence-electron chi connectivity index (χ1n) is 5.52. The van der Waals surface area contributed by atoms with Crippen LogP contribution < -0.4 is 0 Å². The summed E-state index contributed by atoms with van der Waals surface area (Å²) in [4.78, 5) is 0.458. The Morgan fingerprint density at radius 1 is 0.833 bits per heavy atom. The van der Waals surface area contributed by atoms with E-state index in [1.807, 2.05) is 13.8 Å². The molecule has 18 heavy (non-hydrogen) atoms. The van der Waals surface area contributed by atoms with Crippen molar-refractivity contribution in [3.63, 3.8) is 0 Å². The summed E-state index contributed by atoms with van der Waals surface area (Å²) in [7, 11) is -3.51. The molecule has 0 fully saturated rings. The molecular weight excluding hydrogens is 248 g/mol. The molecule has 0 bridgehead atoms. The van der Waals surface area contributed by atoms with E-state index in [9.17, 15) is 13.5 Å². The second-order valence-corrected chi connectivity index (χ2v) is 6.19. The van der Waals surface area contributed by atoms with Crippen LogP contribution in [-0.4, -0.2) is 13.5 Å². The van der Waals surface area contributed by atoms with Gasteiger partial charge in [-0.05, 0) is 61.4 Å². The number of hydrogen-bond donors (Lipinski definition) is 1. The molecule has 0 saturated heterocycles. The molecule has 0 aliphatic carbocycles. The Balaban J connectivity index is 2.54. The normalized spacial score (nSPS) is 11.4. The zero-order chi connectivity index (χ0) is 13.3. The Labute approximate surface area is 107 Å². The third-order valence-electron chi connectivity index (χ3n) is 2.94. The standard InChI is InChI=1S/C14H14O3S/c1-10-3-6-14(9-11(10)2)18(16,17)13-7-4-12(15)5-8-13/h3-9,15H,1-2H3. The van der Waals surface area contributed by atoms with E-state index < -0.39 is 9.84 Å². The first-order valence-corrected chi connectivity index (χ1v) is 7.01.